The van der Waals surface area contributed by atoms with E-state index >= 15 is 0 Å². The van der Waals surface area contributed by atoms with Gasteiger partial charge in [0.25, 0.3) is 5.91 Å². The van der Waals surface area contributed by atoms with Crippen LogP contribution >= 0.6 is 11.6 Å². The van der Waals surface area contributed by atoms with E-state index in [1.165, 1.54) is 0 Å². The lowest BCUT2D eigenvalue weighted by Gasteiger charge is -2.37. The predicted octanol–water partition coefficient (Wildman–Crippen LogP) is 3.40. The molecule has 0 fully saturated rings. The number of nitrogens with one attached hydrogen (secondary N) is 1. The van der Waals surface area contributed by atoms with Gasteiger partial charge in [-0.15, -0.1) is 10.2 Å². The molecule has 1 amide bonds. The molecular formula is C25H25ClN6O3. The zero-order valence-electron chi connectivity index (χ0n) is 19.3. The Kier molecular flexibility index (Phi) is 5.61. The third-order valence-electron chi connectivity index (χ3n) is 6.70. The molecule has 0 bridgehead atoms. The molecule has 4 aromatic rings. The molecule has 0 saturated heterocycles. The fourth-order valence-electron chi connectivity index (χ4n) is 4.92. The zero-order valence-corrected chi connectivity index (χ0v) is 20.1. The van der Waals surface area contributed by atoms with Crippen LogP contribution in [-0.4, -0.2) is 41.9 Å². The van der Waals surface area contributed by atoms with Crippen molar-refractivity contribution in [2.24, 2.45) is 5.73 Å². The Morgan fingerprint density at radius 3 is 2.63 bits per heavy atom. The first kappa shape index (κ1) is 23.1. The zero-order chi connectivity index (χ0) is 24.9. The van der Waals surface area contributed by atoms with Gasteiger partial charge >= 0.3 is 5.97 Å². The number of hydrogen-bond acceptors (Lipinski definition) is 5. The first-order valence-electron chi connectivity index (χ1n) is 11.2. The van der Waals surface area contributed by atoms with Gasteiger partial charge in [-0.05, 0) is 57.0 Å². The average Bonchev–Trinajstić information content (AvgIpc) is 3.44. The minimum Gasteiger partial charge on any atom is -0.480 e. The number of aromatic nitrogens is 4. The molecule has 2 atom stereocenters. The summed E-state index contributed by atoms with van der Waals surface area (Å²) in [6.07, 6.45) is 4.32. The van der Waals surface area contributed by atoms with E-state index in [0.717, 1.165) is 27.8 Å². The number of carbonyl (C=O) groups excluding carboxylic acids is 1. The number of carboxylic acid groups (broad SMARTS) is 1. The molecule has 0 radical (unpaired) electrons. The summed E-state index contributed by atoms with van der Waals surface area (Å²) in [7, 11) is 0. The lowest BCUT2D eigenvalue weighted by Crippen LogP contribution is -2.51. The van der Waals surface area contributed by atoms with Gasteiger partial charge in [0.2, 0.25) is 0 Å². The summed E-state index contributed by atoms with van der Waals surface area (Å²) in [5.74, 6) is -1.33. The number of fused-ring (bicyclic) bond motifs is 3. The number of aliphatic carboxylic acids is 1. The molecule has 2 aromatic carbocycles. The van der Waals surface area contributed by atoms with Crippen LogP contribution in [0.25, 0.3) is 16.6 Å². The fraction of sp³-hybridized carbons (Fsp3) is 0.280. The quantitative estimate of drug-likeness (QED) is 0.391. The summed E-state index contributed by atoms with van der Waals surface area (Å²) >= 11 is 6.46. The van der Waals surface area contributed by atoms with Crippen molar-refractivity contribution in [2.75, 3.05) is 0 Å². The van der Waals surface area contributed by atoms with Crippen molar-refractivity contribution in [3.8, 4) is 5.69 Å². The molecule has 4 N–H and O–H groups in total. The molecule has 0 saturated carbocycles. The summed E-state index contributed by atoms with van der Waals surface area (Å²) in [5, 5.41) is 21.5. The van der Waals surface area contributed by atoms with Gasteiger partial charge in [-0.25, -0.2) is 0 Å². The van der Waals surface area contributed by atoms with Gasteiger partial charge in [0.1, 0.15) is 18.7 Å². The number of nitrogens with zero attached hydrogens (tertiary/aromatic N) is 4. The number of nitrogens with two attached hydrogens (primary N) is 1. The molecule has 3 heterocycles. The highest BCUT2D eigenvalue weighted by molar-refractivity contribution is 6.34. The normalized spacial score (nSPS) is 18.3. The van der Waals surface area contributed by atoms with Gasteiger partial charge in [0.05, 0.1) is 16.1 Å². The maximum atomic E-state index is 13.2. The van der Waals surface area contributed by atoms with Crippen LogP contribution in [-0.2, 0) is 17.8 Å². The van der Waals surface area contributed by atoms with Gasteiger partial charge in [0, 0.05) is 34.4 Å². The first-order valence-corrected chi connectivity index (χ1v) is 11.6. The van der Waals surface area contributed by atoms with Crippen molar-refractivity contribution in [1.29, 1.82) is 0 Å². The minimum absolute atomic E-state index is 0.272. The molecule has 1 aliphatic heterocycles. The summed E-state index contributed by atoms with van der Waals surface area (Å²) in [5.41, 5.74) is 10.2. The molecule has 1 aliphatic rings. The predicted molar refractivity (Wildman–Crippen MR) is 132 cm³/mol. The molecule has 5 rings (SSSR count). The minimum atomic E-state index is -1.11. The van der Waals surface area contributed by atoms with Crippen molar-refractivity contribution in [2.45, 2.75) is 44.8 Å². The number of halogens is 1. The van der Waals surface area contributed by atoms with E-state index in [1.54, 1.807) is 35.4 Å². The van der Waals surface area contributed by atoms with E-state index in [0.29, 0.717) is 35.5 Å². The lowest BCUT2D eigenvalue weighted by molar-refractivity contribution is -0.138. The van der Waals surface area contributed by atoms with Crippen molar-refractivity contribution < 1.29 is 14.7 Å². The van der Waals surface area contributed by atoms with Gasteiger partial charge in [-0.1, -0.05) is 23.2 Å². The lowest BCUT2D eigenvalue weighted by atomic mass is 9.88. The van der Waals surface area contributed by atoms with Gasteiger partial charge in [-0.2, -0.15) is 0 Å². The molecule has 0 aliphatic carbocycles. The average molecular weight is 493 g/mol. The molecule has 10 heteroatoms. The largest absolute Gasteiger partial charge is 0.480 e. The van der Waals surface area contributed by atoms with Crippen LogP contribution in [0.3, 0.4) is 0 Å². The SMILES string of the molecule is Cc1ccc2c(c1)c(C(N)C(=O)O)c1n2C[C@](C)(NC(=O)c2ccc(-n3cnnc3)cc2Cl)CC1. The molecule has 180 valence electrons. The van der Waals surface area contributed by atoms with E-state index in [-0.39, 0.29) is 5.91 Å². The van der Waals surface area contributed by atoms with E-state index in [4.69, 9.17) is 17.3 Å². The van der Waals surface area contributed by atoms with E-state index in [2.05, 4.69) is 20.1 Å². The van der Waals surface area contributed by atoms with Crippen LogP contribution in [0.15, 0.2) is 49.1 Å². The summed E-state index contributed by atoms with van der Waals surface area (Å²) < 4.78 is 3.79. The molecule has 35 heavy (non-hydrogen) atoms. The van der Waals surface area contributed by atoms with Crippen LogP contribution in [0.1, 0.15) is 46.6 Å². The van der Waals surface area contributed by atoms with Crippen molar-refractivity contribution in [3.63, 3.8) is 0 Å². The molecular weight excluding hydrogens is 468 g/mol. The standard InChI is InChI=1S/C25H25ClN6O3/c1-14-3-6-19-17(9-14)21(22(27)24(34)35)20-7-8-25(2,11-32(19)20)30-23(33)16-5-4-15(10-18(16)26)31-12-28-29-13-31/h3-6,9-10,12-13,22H,7-8,11,27H2,1-2H3,(H,30,33)(H,34,35)/t22?,25-/m1/s1. The number of amides is 1. The van der Waals surface area contributed by atoms with Gasteiger partial charge in [-0.3, -0.25) is 14.2 Å². The van der Waals surface area contributed by atoms with Crippen LogP contribution in [0.2, 0.25) is 5.02 Å². The number of carbonyl (C=O) groups is 2. The molecule has 9 nitrogen and oxygen atoms in total. The third-order valence-corrected chi connectivity index (χ3v) is 7.01. The monoisotopic (exact) mass is 492 g/mol. The fourth-order valence-corrected chi connectivity index (χ4v) is 5.18. The highest BCUT2D eigenvalue weighted by atomic mass is 35.5. The number of hydrogen-bond donors (Lipinski definition) is 3. The topological polar surface area (TPSA) is 128 Å². The van der Waals surface area contributed by atoms with Gasteiger partial charge < -0.3 is 20.7 Å². The Morgan fingerprint density at radius 2 is 1.94 bits per heavy atom. The maximum Gasteiger partial charge on any atom is 0.325 e. The van der Waals surface area contributed by atoms with E-state index in [9.17, 15) is 14.7 Å². The summed E-state index contributed by atoms with van der Waals surface area (Å²) in [6.45, 7) is 4.44. The molecule has 1 unspecified atom stereocenters. The Bertz CT molecular complexity index is 1460. The highest BCUT2D eigenvalue weighted by Crippen LogP contribution is 2.37. The summed E-state index contributed by atoms with van der Waals surface area (Å²) in [4.78, 5) is 25.0. The van der Waals surface area contributed by atoms with Crippen molar-refractivity contribution in [1.82, 2.24) is 24.6 Å². The van der Waals surface area contributed by atoms with Crippen molar-refractivity contribution >= 4 is 34.4 Å². The van der Waals surface area contributed by atoms with Crippen LogP contribution < -0.4 is 11.1 Å². The second-order valence-corrected chi connectivity index (χ2v) is 9.74. The maximum absolute atomic E-state index is 13.2. The van der Waals surface area contributed by atoms with Crippen molar-refractivity contribution in [3.05, 3.63) is 76.5 Å². The van der Waals surface area contributed by atoms with E-state index < -0.39 is 17.6 Å². The number of rotatable bonds is 5. The van der Waals surface area contributed by atoms with Crippen LogP contribution in [0, 0.1) is 6.92 Å². The van der Waals surface area contributed by atoms with Gasteiger partial charge in [0.15, 0.2) is 0 Å². The Labute approximate surface area is 206 Å². The molecule has 0 spiro atoms. The Hall–Kier alpha value is -3.69. The summed E-state index contributed by atoms with van der Waals surface area (Å²) in [6, 6.07) is 10.0. The third kappa shape index (κ3) is 4.06. The second kappa shape index (κ2) is 8.51. The van der Waals surface area contributed by atoms with Crippen LogP contribution in [0.4, 0.5) is 0 Å². The highest BCUT2D eigenvalue weighted by Gasteiger charge is 2.36. The Balaban J connectivity index is 1.46. The number of aryl methyl sites for hydroxylation is 1. The van der Waals surface area contributed by atoms with E-state index in [1.807, 2.05) is 32.0 Å². The first-order chi connectivity index (χ1) is 16.7. The second-order valence-electron chi connectivity index (χ2n) is 9.33. The van der Waals surface area contributed by atoms with Crippen LogP contribution in [0.5, 0.6) is 0 Å². The molecule has 2 aromatic heterocycles. The smallest absolute Gasteiger partial charge is 0.325 e. The number of benzene rings is 2. The number of carboxylic acids is 1. The Morgan fingerprint density at radius 1 is 1.20 bits per heavy atom.